The largest absolute Gasteiger partial charge is 0.573 e. The molecule has 1 N–H and O–H groups in total. The van der Waals surface area contributed by atoms with E-state index < -0.39 is 42.0 Å². The molecule has 0 radical (unpaired) electrons. The molecule has 7 nitrogen and oxygen atoms in total. The number of amides is 4. The summed E-state index contributed by atoms with van der Waals surface area (Å²) in [5.41, 5.74) is -0.682. The molecule has 0 aliphatic carbocycles. The maximum atomic E-state index is 12.9. The third-order valence-electron chi connectivity index (χ3n) is 4.75. The third-order valence-corrected chi connectivity index (χ3v) is 4.75. The van der Waals surface area contributed by atoms with Crippen molar-refractivity contribution in [2.24, 2.45) is 0 Å². The van der Waals surface area contributed by atoms with Crippen LogP contribution in [0.15, 0.2) is 54.6 Å². The quantitative estimate of drug-likeness (QED) is 0.753. The van der Waals surface area contributed by atoms with E-state index in [1.54, 1.807) is 30.3 Å². The summed E-state index contributed by atoms with van der Waals surface area (Å²) in [5, 5.41) is 2.50. The fourth-order valence-corrected chi connectivity index (χ4v) is 3.06. The van der Waals surface area contributed by atoms with Crippen molar-refractivity contribution >= 4 is 23.5 Å². The van der Waals surface area contributed by atoms with Crippen LogP contribution >= 0.6 is 0 Å². The number of hydrogen-bond donors (Lipinski definition) is 1. The Labute approximate surface area is 170 Å². The van der Waals surface area contributed by atoms with Gasteiger partial charge in [-0.25, -0.2) is 4.79 Å². The molecular weight excluding hydrogens is 403 g/mol. The first-order valence-corrected chi connectivity index (χ1v) is 8.83. The van der Waals surface area contributed by atoms with Crippen LogP contribution in [-0.2, 0) is 15.1 Å². The van der Waals surface area contributed by atoms with Gasteiger partial charge in [0.05, 0.1) is 0 Å². The first kappa shape index (κ1) is 21.2. The number of rotatable bonds is 5. The van der Waals surface area contributed by atoms with Crippen LogP contribution in [0.2, 0.25) is 0 Å². The zero-order valence-electron chi connectivity index (χ0n) is 16.1. The molecule has 2 aromatic rings. The number of carbonyl (C=O) groups excluding carboxylic acids is 3. The van der Waals surface area contributed by atoms with Gasteiger partial charge in [-0.15, -0.1) is 13.2 Å². The summed E-state index contributed by atoms with van der Waals surface area (Å²) in [7, 11) is 1.52. The van der Waals surface area contributed by atoms with Gasteiger partial charge in [0.25, 0.3) is 5.91 Å². The lowest BCUT2D eigenvalue weighted by Crippen LogP contribution is -2.43. The molecule has 0 bridgehead atoms. The van der Waals surface area contributed by atoms with Gasteiger partial charge in [0, 0.05) is 12.7 Å². The number of alkyl halides is 3. The van der Waals surface area contributed by atoms with E-state index >= 15 is 0 Å². The highest BCUT2D eigenvalue weighted by Gasteiger charge is 2.49. The van der Waals surface area contributed by atoms with Gasteiger partial charge in [-0.2, -0.15) is 0 Å². The van der Waals surface area contributed by atoms with Crippen molar-refractivity contribution in [2.75, 3.05) is 18.5 Å². The molecular formula is C20H18F3N3O4. The fourth-order valence-electron chi connectivity index (χ4n) is 3.06. The summed E-state index contributed by atoms with van der Waals surface area (Å²) >= 11 is 0. The van der Waals surface area contributed by atoms with Gasteiger partial charge in [-0.05, 0) is 36.8 Å². The second kappa shape index (κ2) is 7.69. The van der Waals surface area contributed by atoms with Crippen molar-refractivity contribution in [3.63, 3.8) is 0 Å². The van der Waals surface area contributed by atoms with Crippen molar-refractivity contribution in [3.05, 3.63) is 60.2 Å². The Bertz CT molecular complexity index is 964. The van der Waals surface area contributed by atoms with E-state index in [4.69, 9.17) is 0 Å². The molecule has 4 amide bonds. The van der Waals surface area contributed by atoms with Crippen molar-refractivity contribution in [2.45, 2.75) is 18.8 Å². The van der Waals surface area contributed by atoms with Gasteiger partial charge in [-0.3, -0.25) is 14.5 Å². The normalized spacial score (nSPS) is 18.9. The molecule has 30 heavy (non-hydrogen) atoms. The molecule has 3 rings (SSSR count). The lowest BCUT2D eigenvalue weighted by atomic mass is 9.92. The number of para-hydroxylation sites is 1. The molecule has 0 saturated carbocycles. The second-order valence-corrected chi connectivity index (χ2v) is 6.81. The van der Waals surface area contributed by atoms with Gasteiger partial charge >= 0.3 is 12.4 Å². The molecule has 1 aliphatic rings. The lowest BCUT2D eigenvalue weighted by molar-refractivity contribution is -0.274. The molecule has 1 unspecified atom stereocenters. The highest BCUT2D eigenvalue weighted by atomic mass is 19.4. The smallest absolute Gasteiger partial charge is 0.406 e. The summed E-state index contributed by atoms with van der Waals surface area (Å²) in [6.45, 7) is 0.930. The molecule has 10 heteroatoms. The molecule has 1 heterocycles. The minimum atomic E-state index is -4.84. The number of anilines is 1. The standard InChI is InChI=1S/C20H18F3N3O4/c1-19(13-8-10-15(11-9-13)30-20(21,22)23)17(28)26(18(29)24-19)12-16(27)25(2)14-6-4-3-5-7-14/h3-11H,12H2,1-2H3,(H,24,29). The van der Waals surface area contributed by atoms with Gasteiger partial charge < -0.3 is 15.0 Å². The Kier molecular flexibility index (Phi) is 5.43. The van der Waals surface area contributed by atoms with Gasteiger partial charge in [0.1, 0.15) is 17.8 Å². The molecule has 0 spiro atoms. The number of benzene rings is 2. The fraction of sp³-hybridized carbons (Fsp3) is 0.250. The second-order valence-electron chi connectivity index (χ2n) is 6.81. The van der Waals surface area contributed by atoms with Gasteiger partial charge in [0.2, 0.25) is 5.91 Å². The molecule has 2 aromatic carbocycles. The van der Waals surface area contributed by atoms with E-state index in [1.165, 1.54) is 31.0 Å². The summed E-state index contributed by atoms with van der Waals surface area (Å²) in [6, 6.07) is 12.5. The average molecular weight is 421 g/mol. The molecule has 1 atom stereocenters. The Morgan fingerprint density at radius 3 is 2.27 bits per heavy atom. The number of likely N-dealkylation sites (N-methyl/N-ethyl adjacent to an activating group) is 1. The van der Waals surface area contributed by atoms with Crippen molar-refractivity contribution < 1.29 is 32.3 Å². The summed E-state index contributed by atoms with van der Waals surface area (Å²) in [6.07, 6.45) is -4.84. The van der Waals surface area contributed by atoms with E-state index in [0.29, 0.717) is 5.69 Å². The van der Waals surface area contributed by atoms with Crippen molar-refractivity contribution in [3.8, 4) is 5.75 Å². The number of halogens is 3. The zero-order chi connectivity index (χ0) is 22.1. The van der Waals surface area contributed by atoms with E-state index in [9.17, 15) is 27.6 Å². The molecule has 1 saturated heterocycles. The van der Waals surface area contributed by atoms with Crippen molar-refractivity contribution in [1.82, 2.24) is 10.2 Å². The number of imide groups is 1. The van der Waals surface area contributed by atoms with Crippen LogP contribution in [0.25, 0.3) is 0 Å². The van der Waals surface area contributed by atoms with E-state index in [2.05, 4.69) is 10.1 Å². The number of carbonyl (C=O) groups is 3. The molecule has 1 fully saturated rings. The van der Waals surface area contributed by atoms with Crippen LogP contribution in [0, 0.1) is 0 Å². The Morgan fingerprint density at radius 1 is 1.10 bits per heavy atom. The number of ether oxygens (including phenoxy) is 1. The van der Waals surface area contributed by atoms with Crippen LogP contribution in [0.1, 0.15) is 12.5 Å². The van der Waals surface area contributed by atoms with Crippen molar-refractivity contribution in [1.29, 1.82) is 0 Å². The highest BCUT2D eigenvalue weighted by molar-refractivity contribution is 6.10. The predicted molar refractivity (Wildman–Crippen MR) is 101 cm³/mol. The van der Waals surface area contributed by atoms with Crippen LogP contribution in [0.5, 0.6) is 5.75 Å². The van der Waals surface area contributed by atoms with Gasteiger partial charge in [-0.1, -0.05) is 30.3 Å². The molecule has 158 valence electrons. The summed E-state index contributed by atoms with van der Waals surface area (Å²) in [4.78, 5) is 39.9. The van der Waals surface area contributed by atoms with E-state index in [0.717, 1.165) is 17.0 Å². The summed E-state index contributed by atoms with van der Waals surface area (Å²) < 4.78 is 40.8. The minimum absolute atomic E-state index is 0.252. The topological polar surface area (TPSA) is 79.0 Å². The minimum Gasteiger partial charge on any atom is -0.406 e. The number of hydrogen-bond acceptors (Lipinski definition) is 4. The number of nitrogens with zero attached hydrogens (tertiary/aromatic N) is 2. The Morgan fingerprint density at radius 2 is 1.70 bits per heavy atom. The predicted octanol–water partition coefficient (Wildman–Crippen LogP) is 3.02. The van der Waals surface area contributed by atoms with Crippen LogP contribution in [0.3, 0.4) is 0 Å². The van der Waals surface area contributed by atoms with Crippen LogP contribution in [0.4, 0.5) is 23.7 Å². The van der Waals surface area contributed by atoms with Crippen LogP contribution in [-0.4, -0.2) is 42.7 Å². The average Bonchev–Trinajstić information content (AvgIpc) is 2.91. The maximum absolute atomic E-state index is 12.9. The SMILES string of the molecule is CN(C(=O)CN1C(=O)NC(C)(c2ccc(OC(F)(F)F)cc2)C1=O)c1ccccc1. The molecule has 0 aromatic heterocycles. The number of urea groups is 1. The molecule has 1 aliphatic heterocycles. The maximum Gasteiger partial charge on any atom is 0.573 e. The Hall–Kier alpha value is -3.56. The van der Waals surface area contributed by atoms with Gasteiger partial charge in [0.15, 0.2) is 0 Å². The summed E-state index contributed by atoms with van der Waals surface area (Å²) in [5.74, 6) is -1.63. The number of nitrogens with one attached hydrogen (secondary N) is 1. The zero-order valence-corrected chi connectivity index (χ0v) is 16.1. The van der Waals surface area contributed by atoms with Crippen LogP contribution < -0.4 is 15.0 Å². The lowest BCUT2D eigenvalue weighted by Gasteiger charge is -2.23. The third kappa shape index (κ3) is 4.22. The highest BCUT2D eigenvalue weighted by Crippen LogP contribution is 2.31. The van der Waals surface area contributed by atoms with E-state index in [1.807, 2.05) is 0 Å². The Balaban J connectivity index is 1.75. The monoisotopic (exact) mass is 421 g/mol. The van der Waals surface area contributed by atoms with E-state index in [-0.39, 0.29) is 5.56 Å². The first-order valence-electron chi connectivity index (χ1n) is 8.83. The first-order chi connectivity index (χ1) is 14.0.